The van der Waals surface area contributed by atoms with Gasteiger partial charge in [-0.2, -0.15) is 0 Å². The summed E-state index contributed by atoms with van der Waals surface area (Å²) >= 11 is 0. The van der Waals surface area contributed by atoms with E-state index in [4.69, 9.17) is 23.7 Å². The molecule has 6 bridgehead atoms. The minimum atomic E-state index is -1.78. The van der Waals surface area contributed by atoms with Crippen LogP contribution in [0.5, 0.6) is 0 Å². The molecule has 176 valence electrons. The first-order valence-electron chi connectivity index (χ1n) is 11.8. The van der Waals surface area contributed by atoms with Crippen molar-refractivity contribution in [3.63, 3.8) is 0 Å². The molecule has 4 spiro atoms. The van der Waals surface area contributed by atoms with Crippen LogP contribution in [0.2, 0.25) is 0 Å². The van der Waals surface area contributed by atoms with Gasteiger partial charge in [0.15, 0.2) is 11.4 Å². The maximum Gasteiger partial charge on any atom is 0.331 e. The van der Waals surface area contributed by atoms with Gasteiger partial charge in [0.2, 0.25) is 5.79 Å². The number of esters is 2. The van der Waals surface area contributed by atoms with E-state index in [1.54, 1.807) is 13.0 Å². The van der Waals surface area contributed by atoms with Crippen LogP contribution in [-0.2, 0) is 33.3 Å². The zero-order chi connectivity index (χ0) is 23.5. The molecule has 2 saturated carbocycles. The van der Waals surface area contributed by atoms with E-state index in [-0.39, 0.29) is 0 Å². The van der Waals surface area contributed by atoms with Gasteiger partial charge in [-0.25, -0.2) is 4.79 Å². The number of rotatable bonds is 0. The van der Waals surface area contributed by atoms with Gasteiger partial charge in [-0.15, -0.1) is 0 Å². The van der Waals surface area contributed by atoms with Crippen molar-refractivity contribution in [1.82, 2.24) is 0 Å². The van der Waals surface area contributed by atoms with Gasteiger partial charge in [0, 0.05) is 11.5 Å². The number of carbonyl (C=O) groups is 2. The highest BCUT2D eigenvalue weighted by Crippen LogP contribution is 2.97. The lowest BCUT2D eigenvalue weighted by molar-refractivity contribution is -0.410. The summed E-state index contributed by atoms with van der Waals surface area (Å²) in [6.07, 6.45) is 3.90. The van der Waals surface area contributed by atoms with Gasteiger partial charge in [0.05, 0.1) is 17.4 Å². The second-order valence-corrected chi connectivity index (χ2v) is 12.5. The first kappa shape index (κ1) is 19.6. The van der Waals surface area contributed by atoms with E-state index < -0.39 is 68.1 Å². The quantitative estimate of drug-likeness (QED) is 0.436. The number of allylic oxidation sites excluding steroid dienone is 1. The van der Waals surface area contributed by atoms with Crippen molar-refractivity contribution in [2.45, 2.75) is 88.9 Å². The molecule has 0 aromatic carbocycles. The second-order valence-electron chi connectivity index (χ2n) is 12.5. The highest BCUT2D eigenvalue weighted by Gasteiger charge is 3.12. The van der Waals surface area contributed by atoms with E-state index in [0.717, 1.165) is 11.1 Å². The summed E-state index contributed by atoms with van der Waals surface area (Å²) < 4.78 is 31.5. The SMILES string of the molecule is C[C@@H]1OC(=O)C23C4(CO4)[C@@]4(C)CC5(C6=CC(=O)OC(C)(C)C6=CC[C@]25C)[C@@]2(C)OC13[C@@]4(O)O2. The predicted molar refractivity (Wildman–Crippen MR) is 109 cm³/mol. The summed E-state index contributed by atoms with van der Waals surface area (Å²) in [5.74, 6) is -3.89. The van der Waals surface area contributed by atoms with Crippen LogP contribution in [0.15, 0.2) is 23.3 Å². The fourth-order valence-corrected chi connectivity index (χ4v) is 10.6. The molecular formula is C25H28O8. The van der Waals surface area contributed by atoms with Gasteiger partial charge < -0.3 is 28.8 Å². The number of aliphatic hydroxyl groups is 1. The molecule has 33 heavy (non-hydrogen) atoms. The lowest BCUT2D eigenvalue weighted by Gasteiger charge is -2.73. The van der Waals surface area contributed by atoms with Gasteiger partial charge >= 0.3 is 11.9 Å². The molecule has 7 fully saturated rings. The highest BCUT2D eigenvalue weighted by molar-refractivity contribution is 5.92. The molecule has 0 amide bonds. The maximum absolute atomic E-state index is 14.1. The molecule has 9 rings (SSSR count). The Labute approximate surface area is 191 Å². The smallest absolute Gasteiger partial charge is 0.331 e. The third-order valence-electron chi connectivity index (χ3n) is 11.5. The molecule has 0 aromatic heterocycles. The first-order valence-corrected chi connectivity index (χ1v) is 11.8. The van der Waals surface area contributed by atoms with E-state index in [9.17, 15) is 14.7 Å². The molecular weight excluding hydrogens is 428 g/mol. The normalized spacial score (nSPS) is 64.2. The van der Waals surface area contributed by atoms with Crippen LogP contribution >= 0.6 is 0 Å². The molecule has 8 nitrogen and oxygen atoms in total. The van der Waals surface area contributed by atoms with E-state index in [1.807, 2.05) is 27.7 Å². The van der Waals surface area contributed by atoms with Crippen molar-refractivity contribution in [3.05, 3.63) is 23.3 Å². The number of hydrogen-bond donors (Lipinski definition) is 1. The fraction of sp³-hybridized carbons (Fsp3) is 0.760. The van der Waals surface area contributed by atoms with Crippen molar-refractivity contribution in [3.8, 4) is 0 Å². The Kier molecular flexibility index (Phi) is 2.57. The minimum Gasteiger partial charge on any atom is -0.459 e. The van der Waals surface area contributed by atoms with Crippen LogP contribution in [0, 0.1) is 21.7 Å². The van der Waals surface area contributed by atoms with Crippen molar-refractivity contribution in [2.24, 2.45) is 21.7 Å². The number of cyclic esters (lactones) is 2. The zero-order valence-electron chi connectivity index (χ0n) is 19.7. The number of hydrogen-bond acceptors (Lipinski definition) is 8. The third kappa shape index (κ3) is 1.23. The lowest BCUT2D eigenvalue weighted by Crippen LogP contribution is -2.81. The average molecular weight is 456 g/mol. The monoisotopic (exact) mass is 456 g/mol. The van der Waals surface area contributed by atoms with Crippen LogP contribution in [0.25, 0.3) is 0 Å². The Morgan fingerprint density at radius 1 is 1.03 bits per heavy atom. The Balaban J connectivity index is 1.58. The Bertz CT molecular complexity index is 1210. The molecule has 0 radical (unpaired) electrons. The highest BCUT2D eigenvalue weighted by atomic mass is 16.8. The largest absolute Gasteiger partial charge is 0.459 e. The summed E-state index contributed by atoms with van der Waals surface area (Å²) in [5, 5.41) is 12.5. The average Bonchev–Trinajstić information content (AvgIpc) is 3.38. The predicted octanol–water partition coefficient (Wildman–Crippen LogP) is 1.90. The fourth-order valence-electron chi connectivity index (χ4n) is 10.6. The Morgan fingerprint density at radius 3 is 2.39 bits per heavy atom. The topological polar surface area (TPSA) is 104 Å². The molecule has 9 atom stereocenters. The molecule has 6 aliphatic heterocycles. The lowest BCUT2D eigenvalue weighted by atomic mass is 9.32. The van der Waals surface area contributed by atoms with Gasteiger partial charge in [-0.3, -0.25) is 4.79 Å². The molecule has 4 unspecified atom stereocenters. The molecule has 5 saturated heterocycles. The molecule has 1 N–H and O–H groups in total. The van der Waals surface area contributed by atoms with Crippen LogP contribution in [0.3, 0.4) is 0 Å². The number of ether oxygens (including phenoxy) is 5. The third-order valence-corrected chi connectivity index (χ3v) is 11.5. The standard InChI is InChI=1S/C25H28O8/c1-12-24-23(16(27)30-12)18(4)8-7-13-14(9-15(26)31-17(13,2)3)21(18)10-19(5,22(23)11-29-22)25(24,28)33-20(21,6)32-24/h7,9,12,28H,8,10-11H2,1-6H3/t12-,18-,19+,20-,21?,22?,23?,24?,25-/m0/s1. The second kappa shape index (κ2) is 4.34. The van der Waals surface area contributed by atoms with Crippen molar-refractivity contribution >= 4 is 11.9 Å². The molecule has 9 aliphatic rings. The summed E-state index contributed by atoms with van der Waals surface area (Å²) in [5.41, 5.74) is -5.47. The maximum atomic E-state index is 14.1. The zero-order valence-corrected chi connectivity index (χ0v) is 19.7. The van der Waals surface area contributed by atoms with Gasteiger partial charge in [0.1, 0.15) is 22.7 Å². The minimum absolute atomic E-state index is 0.327. The summed E-state index contributed by atoms with van der Waals surface area (Å²) in [7, 11) is 0. The van der Waals surface area contributed by atoms with Gasteiger partial charge in [0.25, 0.3) is 0 Å². The molecule has 6 heterocycles. The first-order chi connectivity index (χ1) is 15.2. The van der Waals surface area contributed by atoms with E-state index >= 15 is 0 Å². The molecule has 0 aromatic rings. The summed E-state index contributed by atoms with van der Waals surface area (Å²) in [6.45, 7) is 11.8. The number of carbonyl (C=O) groups excluding carboxylic acids is 2. The van der Waals surface area contributed by atoms with E-state index in [0.29, 0.717) is 19.4 Å². The van der Waals surface area contributed by atoms with E-state index in [2.05, 4.69) is 13.0 Å². The van der Waals surface area contributed by atoms with Crippen molar-refractivity contribution in [2.75, 3.05) is 6.61 Å². The Morgan fingerprint density at radius 2 is 1.73 bits per heavy atom. The summed E-state index contributed by atoms with van der Waals surface area (Å²) in [6, 6.07) is 0. The van der Waals surface area contributed by atoms with Crippen LogP contribution in [-0.4, -0.2) is 58.1 Å². The van der Waals surface area contributed by atoms with Gasteiger partial charge in [-0.1, -0.05) is 19.9 Å². The van der Waals surface area contributed by atoms with E-state index in [1.165, 1.54) is 0 Å². The van der Waals surface area contributed by atoms with Crippen molar-refractivity contribution < 1.29 is 38.4 Å². The van der Waals surface area contributed by atoms with Crippen LogP contribution in [0.4, 0.5) is 0 Å². The summed E-state index contributed by atoms with van der Waals surface area (Å²) in [4.78, 5) is 27.0. The van der Waals surface area contributed by atoms with Crippen LogP contribution < -0.4 is 0 Å². The number of fused-ring (bicyclic) bond motifs is 1. The molecule has 3 aliphatic carbocycles. The molecule has 8 heteroatoms. The Hall–Kier alpha value is -1.74. The van der Waals surface area contributed by atoms with Crippen LogP contribution in [0.1, 0.15) is 54.4 Å². The van der Waals surface area contributed by atoms with Gasteiger partial charge in [-0.05, 0) is 51.7 Å². The van der Waals surface area contributed by atoms with Crippen molar-refractivity contribution in [1.29, 1.82) is 0 Å². The number of epoxide rings is 1.